The Kier molecular flexibility index (Phi) is 5.53. The smallest absolute Gasteiger partial charge is 0.409 e. The summed E-state index contributed by atoms with van der Waals surface area (Å²) >= 11 is 0. The Labute approximate surface area is 154 Å². The highest BCUT2D eigenvalue weighted by Gasteiger charge is 2.33. The van der Waals surface area contributed by atoms with E-state index in [0.29, 0.717) is 56.0 Å². The molecule has 1 aliphatic heterocycles. The Morgan fingerprint density at radius 2 is 1.81 bits per heavy atom. The van der Waals surface area contributed by atoms with Gasteiger partial charge in [-0.2, -0.15) is 0 Å². The number of amides is 1. The van der Waals surface area contributed by atoms with Crippen molar-refractivity contribution in [2.75, 3.05) is 43.0 Å². The highest BCUT2D eigenvalue weighted by Crippen LogP contribution is 2.33. The Balaban J connectivity index is 1.67. The van der Waals surface area contributed by atoms with E-state index in [1.807, 2.05) is 4.90 Å². The number of hydrogen-bond donors (Lipinski definition) is 1. The largest absolute Gasteiger partial charge is 0.450 e. The molecule has 0 bridgehead atoms. The summed E-state index contributed by atoms with van der Waals surface area (Å²) in [6, 6.07) is 0.238. The average molecular weight is 363 g/mol. The average Bonchev–Trinajstić information content (AvgIpc) is 2.65. The van der Waals surface area contributed by atoms with Gasteiger partial charge in [-0.05, 0) is 25.2 Å². The van der Waals surface area contributed by atoms with Gasteiger partial charge in [0.25, 0.3) is 10.9 Å². The molecule has 2 aliphatic rings. The molecule has 0 radical (unpaired) electrons. The fourth-order valence-electron chi connectivity index (χ4n) is 4.11. The molecule has 1 saturated carbocycles. The van der Waals surface area contributed by atoms with Crippen LogP contribution in [0.1, 0.15) is 40.0 Å². The Bertz CT molecular complexity index is 717. The van der Waals surface area contributed by atoms with Crippen LogP contribution in [0.2, 0.25) is 0 Å². The zero-order valence-corrected chi connectivity index (χ0v) is 15.9. The van der Waals surface area contributed by atoms with Crippen LogP contribution in [0, 0.1) is 11.8 Å². The predicted molar refractivity (Wildman–Crippen MR) is 102 cm³/mol. The predicted octanol–water partition coefficient (Wildman–Crippen LogP) is 1.80. The van der Waals surface area contributed by atoms with Crippen LogP contribution in [-0.2, 0) is 4.74 Å². The van der Waals surface area contributed by atoms with Crippen molar-refractivity contribution in [2.45, 2.75) is 46.1 Å². The van der Waals surface area contributed by atoms with E-state index < -0.39 is 10.9 Å². The quantitative estimate of drug-likeness (QED) is 0.822. The molecule has 1 N–H and O–H groups in total. The van der Waals surface area contributed by atoms with Gasteiger partial charge in [-0.1, -0.05) is 26.7 Å². The normalized spacial score (nSPS) is 26.8. The van der Waals surface area contributed by atoms with Gasteiger partial charge in [-0.15, -0.1) is 0 Å². The monoisotopic (exact) mass is 363 g/mol. The summed E-state index contributed by atoms with van der Waals surface area (Å²) < 4.78 is 5.02. The molecule has 3 atom stereocenters. The van der Waals surface area contributed by atoms with Crippen LogP contribution in [0.25, 0.3) is 0 Å². The summed E-state index contributed by atoms with van der Waals surface area (Å²) in [5.74, 6) is 1.09. The lowest BCUT2D eigenvalue weighted by atomic mass is 9.78. The molecule has 1 aliphatic carbocycles. The van der Waals surface area contributed by atoms with Crippen LogP contribution in [0.5, 0.6) is 0 Å². The summed E-state index contributed by atoms with van der Waals surface area (Å²) in [5.41, 5.74) is 0.168. The first-order valence-electron chi connectivity index (χ1n) is 9.70. The van der Waals surface area contributed by atoms with Gasteiger partial charge >= 0.3 is 6.09 Å². The highest BCUT2D eigenvalue weighted by atomic mass is 16.6. The zero-order valence-electron chi connectivity index (χ0n) is 15.9. The second-order valence-corrected chi connectivity index (χ2v) is 7.57. The molecule has 0 unspecified atom stereocenters. The lowest BCUT2D eigenvalue weighted by molar-refractivity contribution is 0.105. The van der Waals surface area contributed by atoms with Gasteiger partial charge in [0, 0.05) is 32.2 Å². The molecule has 1 aromatic rings. The van der Waals surface area contributed by atoms with Gasteiger partial charge in [0.05, 0.1) is 6.61 Å². The van der Waals surface area contributed by atoms with Crippen molar-refractivity contribution in [1.82, 2.24) is 4.90 Å². The zero-order chi connectivity index (χ0) is 18.8. The second-order valence-electron chi connectivity index (χ2n) is 7.57. The van der Waals surface area contributed by atoms with Crippen LogP contribution in [0.4, 0.5) is 16.2 Å². The third-order valence-corrected chi connectivity index (χ3v) is 6.04. The number of ether oxygens (including phenoxy) is 1. The minimum atomic E-state index is -0.409. The molecule has 3 rings (SSSR count). The molecule has 2 fully saturated rings. The molecular weight excluding hydrogens is 334 g/mol. The summed E-state index contributed by atoms with van der Waals surface area (Å²) in [5, 5.41) is 3.38. The third kappa shape index (κ3) is 3.44. The first-order valence-corrected chi connectivity index (χ1v) is 9.70. The number of nitrogens with one attached hydrogen (secondary N) is 1. The van der Waals surface area contributed by atoms with Crippen molar-refractivity contribution in [3.05, 3.63) is 20.4 Å². The van der Waals surface area contributed by atoms with E-state index in [1.165, 1.54) is 6.42 Å². The topological polar surface area (TPSA) is 79.0 Å². The maximum Gasteiger partial charge on any atom is 0.409 e. The van der Waals surface area contributed by atoms with Gasteiger partial charge in [0.2, 0.25) is 0 Å². The number of piperazine rings is 1. The van der Waals surface area contributed by atoms with Crippen molar-refractivity contribution in [1.29, 1.82) is 0 Å². The van der Waals surface area contributed by atoms with Gasteiger partial charge in [0.15, 0.2) is 0 Å². The Morgan fingerprint density at radius 3 is 2.46 bits per heavy atom. The lowest BCUT2D eigenvalue weighted by Gasteiger charge is -2.39. The van der Waals surface area contributed by atoms with Crippen LogP contribution < -0.4 is 21.1 Å². The van der Waals surface area contributed by atoms with Crippen LogP contribution in [-0.4, -0.2) is 49.8 Å². The molecule has 7 nitrogen and oxygen atoms in total. The number of rotatable bonds is 4. The van der Waals surface area contributed by atoms with E-state index in [9.17, 15) is 14.4 Å². The molecule has 26 heavy (non-hydrogen) atoms. The molecule has 0 aromatic heterocycles. The molecule has 1 amide bonds. The number of anilines is 2. The van der Waals surface area contributed by atoms with E-state index in [2.05, 4.69) is 19.2 Å². The van der Waals surface area contributed by atoms with Crippen molar-refractivity contribution < 1.29 is 9.53 Å². The first kappa shape index (κ1) is 18.7. The fraction of sp³-hybridized carbons (Fsp3) is 0.737. The molecule has 7 heteroatoms. The van der Waals surface area contributed by atoms with Crippen molar-refractivity contribution in [3.8, 4) is 0 Å². The standard InChI is InChI=1S/C19H29N3O4/c1-4-26-19(25)22-10-8-21(9-11-22)16-15(17(23)18(16)24)20-14-7-5-6-12(2)13(14)3/h12-14,20H,4-11H2,1-3H3/t12-,13+,14+/m0/s1. The minimum absolute atomic E-state index is 0.238. The second kappa shape index (κ2) is 7.68. The van der Waals surface area contributed by atoms with E-state index in [0.717, 1.165) is 12.8 Å². The van der Waals surface area contributed by atoms with Crippen molar-refractivity contribution >= 4 is 17.5 Å². The third-order valence-electron chi connectivity index (χ3n) is 6.04. The number of carbonyl (C=O) groups is 1. The van der Waals surface area contributed by atoms with E-state index in [4.69, 9.17) is 4.74 Å². The van der Waals surface area contributed by atoms with E-state index in [-0.39, 0.29) is 12.1 Å². The molecule has 1 aromatic carbocycles. The maximum absolute atomic E-state index is 12.2. The van der Waals surface area contributed by atoms with Gasteiger partial charge in [-0.3, -0.25) is 9.59 Å². The summed E-state index contributed by atoms with van der Waals surface area (Å²) in [7, 11) is 0. The minimum Gasteiger partial charge on any atom is -0.450 e. The number of hydrogen-bond acceptors (Lipinski definition) is 6. The molecular formula is C19H29N3O4. The maximum atomic E-state index is 12.2. The van der Waals surface area contributed by atoms with Crippen molar-refractivity contribution in [2.24, 2.45) is 11.8 Å². The van der Waals surface area contributed by atoms with Gasteiger partial charge < -0.3 is 19.9 Å². The molecule has 1 saturated heterocycles. The SMILES string of the molecule is CCOC(=O)N1CCN(c2c(N[C@@H]3CCC[C@H](C)[C@H]3C)c(=O)c2=O)CC1. The highest BCUT2D eigenvalue weighted by molar-refractivity contribution is 5.76. The molecule has 0 spiro atoms. The first-order chi connectivity index (χ1) is 12.4. The summed E-state index contributed by atoms with van der Waals surface area (Å²) in [4.78, 5) is 39.7. The molecule has 144 valence electrons. The van der Waals surface area contributed by atoms with Crippen molar-refractivity contribution in [3.63, 3.8) is 0 Å². The Hall–Kier alpha value is -2.05. The van der Waals surface area contributed by atoms with Crippen LogP contribution >= 0.6 is 0 Å². The Morgan fingerprint density at radius 1 is 1.12 bits per heavy atom. The lowest BCUT2D eigenvalue weighted by Crippen LogP contribution is -2.53. The van der Waals surface area contributed by atoms with Crippen LogP contribution in [0.15, 0.2) is 9.59 Å². The number of nitrogens with zero attached hydrogens (tertiary/aromatic N) is 2. The van der Waals surface area contributed by atoms with Gasteiger partial charge in [0.1, 0.15) is 11.4 Å². The van der Waals surface area contributed by atoms with Gasteiger partial charge in [-0.25, -0.2) is 4.79 Å². The van der Waals surface area contributed by atoms with E-state index >= 15 is 0 Å². The fourth-order valence-corrected chi connectivity index (χ4v) is 4.11. The van der Waals surface area contributed by atoms with Crippen LogP contribution in [0.3, 0.4) is 0 Å². The van der Waals surface area contributed by atoms with E-state index in [1.54, 1.807) is 11.8 Å². The summed E-state index contributed by atoms with van der Waals surface area (Å²) in [6.07, 6.45) is 3.07. The molecule has 1 heterocycles. The number of carbonyl (C=O) groups excluding carboxylic acids is 1. The summed E-state index contributed by atoms with van der Waals surface area (Å²) in [6.45, 7) is 8.65.